The number of aromatic nitrogens is 2. The Hall–Kier alpha value is -4.47. The summed E-state index contributed by atoms with van der Waals surface area (Å²) in [5, 5.41) is 2.64. The highest BCUT2D eigenvalue weighted by atomic mass is 32.1. The summed E-state index contributed by atoms with van der Waals surface area (Å²) in [6, 6.07) is 45.3. The van der Waals surface area contributed by atoms with Crippen LogP contribution in [0.5, 0.6) is 0 Å². The number of thiophene rings is 1. The lowest BCUT2D eigenvalue weighted by Gasteiger charge is -2.14. The number of fused-ring (bicyclic) bond motifs is 3. The second-order valence-corrected chi connectivity index (χ2v) is 10.3. The van der Waals surface area contributed by atoms with Crippen LogP contribution in [0.15, 0.2) is 127 Å². The second kappa shape index (κ2) is 8.88. The summed E-state index contributed by atoms with van der Waals surface area (Å²) in [4.78, 5) is 5.08. The van der Waals surface area contributed by atoms with Gasteiger partial charge in [0.25, 0.3) is 0 Å². The number of hydrogen-bond acceptors (Lipinski definition) is 2. The quantitative estimate of drug-likeness (QED) is 0.239. The van der Waals surface area contributed by atoms with Crippen molar-refractivity contribution in [3.05, 3.63) is 133 Å². The van der Waals surface area contributed by atoms with Crippen molar-refractivity contribution in [3.8, 4) is 39.3 Å². The first-order chi connectivity index (χ1) is 18.3. The fourth-order valence-electron chi connectivity index (χ4n) is 5.29. The molecule has 0 saturated carbocycles. The van der Waals surface area contributed by atoms with Crippen LogP contribution >= 0.6 is 11.3 Å². The van der Waals surface area contributed by atoms with Gasteiger partial charge in [0.1, 0.15) is 5.82 Å². The molecule has 7 rings (SSSR count). The van der Waals surface area contributed by atoms with Crippen LogP contribution < -0.4 is 0 Å². The maximum absolute atomic E-state index is 5.08. The number of nitrogens with zero attached hydrogens (tertiary/aromatic N) is 2. The first-order valence-electron chi connectivity index (χ1n) is 12.5. The summed E-state index contributed by atoms with van der Waals surface area (Å²) in [5.74, 6) is 0.968. The average Bonchev–Trinajstić information content (AvgIpc) is 3.52. The lowest BCUT2D eigenvalue weighted by atomic mass is 10.0. The van der Waals surface area contributed by atoms with Crippen molar-refractivity contribution in [1.82, 2.24) is 9.55 Å². The minimum absolute atomic E-state index is 0.968. The first-order valence-corrected chi connectivity index (χ1v) is 13.3. The average molecular weight is 493 g/mol. The molecule has 0 saturated heterocycles. The molecule has 0 N–H and O–H groups in total. The van der Waals surface area contributed by atoms with Crippen LogP contribution in [0.25, 0.3) is 59.5 Å². The molecule has 3 heteroatoms. The molecule has 2 heterocycles. The lowest BCUT2D eigenvalue weighted by Crippen LogP contribution is -2.00. The zero-order valence-electron chi connectivity index (χ0n) is 20.4. The van der Waals surface area contributed by atoms with E-state index in [9.17, 15) is 0 Å². The van der Waals surface area contributed by atoms with Gasteiger partial charge in [-0.15, -0.1) is 11.3 Å². The highest BCUT2D eigenvalue weighted by Crippen LogP contribution is 2.41. The van der Waals surface area contributed by atoms with Gasteiger partial charge in [0.2, 0.25) is 0 Å². The predicted molar refractivity (Wildman–Crippen MR) is 157 cm³/mol. The number of hydrogen-bond donors (Lipinski definition) is 0. The van der Waals surface area contributed by atoms with Crippen molar-refractivity contribution in [1.29, 1.82) is 0 Å². The monoisotopic (exact) mass is 492 g/mol. The van der Waals surface area contributed by atoms with Crippen LogP contribution in [0.2, 0.25) is 0 Å². The first kappa shape index (κ1) is 21.8. The van der Waals surface area contributed by atoms with Crippen molar-refractivity contribution in [2.24, 2.45) is 0 Å². The molecule has 0 aliphatic heterocycles. The van der Waals surface area contributed by atoms with Crippen molar-refractivity contribution < 1.29 is 0 Å². The van der Waals surface area contributed by atoms with E-state index in [-0.39, 0.29) is 0 Å². The maximum atomic E-state index is 5.08. The number of rotatable bonds is 4. The van der Waals surface area contributed by atoms with E-state index in [2.05, 4.69) is 133 Å². The van der Waals surface area contributed by atoms with Gasteiger partial charge in [0.05, 0.1) is 11.4 Å². The molecule has 0 aliphatic rings. The van der Waals surface area contributed by atoms with Crippen LogP contribution in [0.1, 0.15) is 5.82 Å². The summed E-state index contributed by atoms with van der Waals surface area (Å²) in [6.45, 7) is 2.10. The molecular formula is C34H24N2S. The largest absolute Gasteiger partial charge is 0.296 e. The third-order valence-electron chi connectivity index (χ3n) is 6.96. The smallest absolute Gasteiger partial charge is 0.111 e. The van der Waals surface area contributed by atoms with Gasteiger partial charge in [0, 0.05) is 37.0 Å². The molecule has 2 aromatic heterocycles. The molecule has 176 valence electrons. The molecule has 0 bridgehead atoms. The van der Waals surface area contributed by atoms with Gasteiger partial charge in [0.15, 0.2) is 0 Å². The maximum Gasteiger partial charge on any atom is 0.111 e. The van der Waals surface area contributed by atoms with E-state index >= 15 is 0 Å². The third-order valence-corrected chi connectivity index (χ3v) is 8.18. The molecule has 0 fully saturated rings. The molecule has 7 aromatic rings. The van der Waals surface area contributed by atoms with Crippen molar-refractivity contribution in [3.63, 3.8) is 0 Å². The van der Waals surface area contributed by atoms with Gasteiger partial charge < -0.3 is 0 Å². The van der Waals surface area contributed by atoms with E-state index in [4.69, 9.17) is 4.98 Å². The van der Waals surface area contributed by atoms with Crippen molar-refractivity contribution in [2.75, 3.05) is 0 Å². The summed E-state index contributed by atoms with van der Waals surface area (Å²) in [7, 11) is 0. The van der Waals surface area contributed by atoms with Gasteiger partial charge in [-0.05, 0) is 36.2 Å². The van der Waals surface area contributed by atoms with Crippen molar-refractivity contribution in [2.45, 2.75) is 6.92 Å². The Morgan fingerprint density at radius 3 is 2.05 bits per heavy atom. The molecule has 0 atom stereocenters. The molecule has 0 spiro atoms. The van der Waals surface area contributed by atoms with Gasteiger partial charge in [-0.3, -0.25) is 4.57 Å². The van der Waals surface area contributed by atoms with Gasteiger partial charge in [-0.1, -0.05) is 109 Å². The van der Waals surface area contributed by atoms with E-state index in [0.29, 0.717) is 0 Å². The Morgan fingerprint density at radius 2 is 1.24 bits per heavy atom. The highest BCUT2D eigenvalue weighted by Gasteiger charge is 2.20. The lowest BCUT2D eigenvalue weighted by molar-refractivity contribution is 0.981. The van der Waals surface area contributed by atoms with E-state index in [1.807, 2.05) is 17.4 Å². The molecule has 0 unspecified atom stereocenters. The Labute approximate surface area is 220 Å². The van der Waals surface area contributed by atoms with Crippen molar-refractivity contribution >= 4 is 31.5 Å². The Balaban J connectivity index is 1.45. The van der Waals surface area contributed by atoms with Gasteiger partial charge in [-0.2, -0.15) is 0 Å². The third kappa shape index (κ3) is 3.67. The van der Waals surface area contributed by atoms with Gasteiger partial charge >= 0.3 is 0 Å². The normalized spacial score (nSPS) is 11.4. The summed E-state index contributed by atoms with van der Waals surface area (Å²) in [5.41, 5.74) is 7.98. The minimum atomic E-state index is 0.968. The highest BCUT2D eigenvalue weighted by molar-refractivity contribution is 7.26. The molecule has 37 heavy (non-hydrogen) atoms. The van der Waals surface area contributed by atoms with Gasteiger partial charge in [-0.25, -0.2) is 4.98 Å². The molecule has 0 amide bonds. The van der Waals surface area contributed by atoms with E-state index in [1.54, 1.807) is 0 Å². The van der Waals surface area contributed by atoms with Crippen LogP contribution in [-0.2, 0) is 0 Å². The summed E-state index contributed by atoms with van der Waals surface area (Å²) < 4.78 is 4.95. The Bertz CT molecular complexity index is 1880. The molecule has 2 nitrogen and oxygen atoms in total. The van der Waals surface area contributed by atoms with Crippen LogP contribution in [-0.4, -0.2) is 9.55 Å². The van der Waals surface area contributed by atoms with Crippen LogP contribution in [0.4, 0.5) is 0 Å². The van der Waals surface area contributed by atoms with Crippen LogP contribution in [0.3, 0.4) is 0 Å². The standard InChI is InChI=1S/C34H24N2S/c1-23-35-32(24-12-4-2-5-13-24)33(25-14-6-3-7-15-25)36(23)27-17-10-16-26(22-27)28-19-11-20-30-29-18-8-9-21-31(29)37-34(28)30/h2-22H,1H3. The Morgan fingerprint density at radius 1 is 0.595 bits per heavy atom. The zero-order chi connectivity index (χ0) is 24.8. The second-order valence-electron chi connectivity index (χ2n) is 9.25. The number of imidazole rings is 1. The molecule has 0 aliphatic carbocycles. The summed E-state index contributed by atoms with van der Waals surface area (Å²) >= 11 is 1.87. The fraction of sp³-hybridized carbons (Fsp3) is 0.0294. The minimum Gasteiger partial charge on any atom is -0.296 e. The van der Waals surface area contributed by atoms with E-state index in [0.717, 1.165) is 34.0 Å². The number of aryl methyl sites for hydroxylation is 1. The van der Waals surface area contributed by atoms with E-state index < -0.39 is 0 Å². The van der Waals surface area contributed by atoms with Crippen LogP contribution in [0, 0.1) is 6.92 Å². The zero-order valence-corrected chi connectivity index (χ0v) is 21.2. The molecular weight excluding hydrogens is 468 g/mol. The van der Waals surface area contributed by atoms with E-state index in [1.165, 1.54) is 31.3 Å². The SMILES string of the molecule is Cc1nc(-c2ccccc2)c(-c2ccccc2)n1-c1cccc(-c2cccc3c2sc2ccccc23)c1. The molecule has 0 radical (unpaired) electrons. The summed E-state index contributed by atoms with van der Waals surface area (Å²) in [6.07, 6.45) is 0. The predicted octanol–water partition coefficient (Wildman–Crippen LogP) is 9.55. The number of benzene rings is 5. The topological polar surface area (TPSA) is 17.8 Å². The fourth-order valence-corrected chi connectivity index (χ4v) is 6.53. The Kier molecular flexibility index (Phi) is 5.23. The molecule has 5 aromatic carbocycles.